The van der Waals surface area contributed by atoms with Gasteiger partial charge in [0.25, 0.3) is 0 Å². The van der Waals surface area contributed by atoms with Gasteiger partial charge in [0.2, 0.25) is 5.88 Å². The van der Waals surface area contributed by atoms with Crippen molar-refractivity contribution in [1.82, 2.24) is 19.9 Å². The first-order valence-electron chi connectivity index (χ1n) is 11.2. The van der Waals surface area contributed by atoms with E-state index in [0.29, 0.717) is 29.1 Å². The quantitative estimate of drug-likeness (QED) is 0.343. The van der Waals surface area contributed by atoms with Gasteiger partial charge in [-0.05, 0) is 19.4 Å². The molecule has 0 saturated heterocycles. The van der Waals surface area contributed by atoms with Gasteiger partial charge in [0.1, 0.15) is 30.1 Å². The van der Waals surface area contributed by atoms with Gasteiger partial charge < -0.3 is 28.6 Å². The fraction of sp³-hybridized carbons (Fsp3) is 0.417. The number of carbonyl (C=O) groups is 2. The van der Waals surface area contributed by atoms with Crippen LogP contribution in [0.3, 0.4) is 0 Å². The van der Waals surface area contributed by atoms with Crippen LogP contribution in [0.15, 0.2) is 42.9 Å². The highest BCUT2D eigenvalue weighted by Gasteiger charge is 2.34. The van der Waals surface area contributed by atoms with Crippen LogP contribution in [0.1, 0.15) is 25.0 Å². The van der Waals surface area contributed by atoms with Crippen molar-refractivity contribution in [3.8, 4) is 5.88 Å². The van der Waals surface area contributed by atoms with Crippen LogP contribution in [-0.2, 0) is 43.7 Å². The summed E-state index contributed by atoms with van der Waals surface area (Å²) in [6.45, 7) is 4.09. The normalized spacial score (nSPS) is 12.8. The Morgan fingerprint density at radius 1 is 1.09 bits per heavy atom. The summed E-state index contributed by atoms with van der Waals surface area (Å²) in [5.41, 5.74) is 2.88. The number of rotatable bonds is 13. The second-order valence-electron chi connectivity index (χ2n) is 7.47. The first-order valence-corrected chi connectivity index (χ1v) is 11.2. The Balaban J connectivity index is 1.82. The summed E-state index contributed by atoms with van der Waals surface area (Å²) in [6, 6.07) is 8.43. The minimum absolute atomic E-state index is 0.0681. The van der Waals surface area contributed by atoms with Gasteiger partial charge in [-0.3, -0.25) is 10.1 Å². The number of esters is 2. The molecule has 3 aromatic rings. The van der Waals surface area contributed by atoms with E-state index in [2.05, 4.69) is 15.3 Å². The van der Waals surface area contributed by atoms with Gasteiger partial charge in [-0.15, -0.1) is 0 Å². The van der Waals surface area contributed by atoms with Crippen molar-refractivity contribution >= 4 is 23.0 Å². The second kappa shape index (κ2) is 12.8. The number of nitrogens with zero attached hydrogens (tertiary/aromatic N) is 3. The van der Waals surface area contributed by atoms with Gasteiger partial charge in [-0.1, -0.05) is 30.3 Å². The highest BCUT2D eigenvalue weighted by Crippen LogP contribution is 2.26. The molecule has 188 valence electrons. The highest BCUT2D eigenvalue weighted by atomic mass is 16.6. The maximum Gasteiger partial charge on any atom is 0.337 e. The van der Waals surface area contributed by atoms with Crippen molar-refractivity contribution in [3.63, 3.8) is 0 Å². The van der Waals surface area contributed by atoms with Gasteiger partial charge in [-0.25, -0.2) is 9.78 Å². The molecule has 35 heavy (non-hydrogen) atoms. The third-order valence-electron chi connectivity index (χ3n) is 5.12. The number of carbonyl (C=O) groups excluding carboxylic acids is 2. The number of hydrogen-bond acceptors (Lipinski definition) is 10. The third-order valence-corrected chi connectivity index (χ3v) is 5.12. The molecular formula is C24H30N4O7. The summed E-state index contributed by atoms with van der Waals surface area (Å²) in [4.78, 5) is 33.0. The molecule has 2 aromatic heterocycles. The molecule has 0 amide bonds. The number of hydrogen-bond donors (Lipinski definition) is 2. The lowest BCUT2D eigenvalue weighted by Crippen LogP contribution is -2.50. The minimum Gasteiger partial charge on any atom is -0.479 e. The molecule has 0 spiro atoms. The van der Waals surface area contributed by atoms with Crippen molar-refractivity contribution in [2.45, 2.75) is 45.9 Å². The number of aliphatic hydroxyl groups is 1. The highest BCUT2D eigenvalue weighted by molar-refractivity contribution is 5.87. The molecular weight excluding hydrogens is 456 g/mol. The zero-order valence-electron chi connectivity index (χ0n) is 20.0. The summed E-state index contributed by atoms with van der Waals surface area (Å²) in [7, 11) is 1.51. The molecule has 0 fully saturated rings. The van der Waals surface area contributed by atoms with Crippen LogP contribution in [0, 0.1) is 0 Å². The van der Waals surface area contributed by atoms with Crippen LogP contribution >= 0.6 is 0 Å². The lowest BCUT2D eigenvalue weighted by Gasteiger charge is -2.21. The number of aliphatic hydroxyl groups excluding tert-OH is 1. The smallest absolute Gasteiger partial charge is 0.337 e. The summed E-state index contributed by atoms with van der Waals surface area (Å²) in [5.74, 6) is -1.33. The van der Waals surface area contributed by atoms with Crippen molar-refractivity contribution < 1.29 is 33.6 Å². The summed E-state index contributed by atoms with van der Waals surface area (Å²) < 4.78 is 23.0. The van der Waals surface area contributed by atoms with Crippen LogP contribution in [0.2, 0.25) is 0 Å². The Bertz CT molecular complexity index is 1120. The standard InChI is InChI=1S/C24H30N4O7/c1-4-34-23(30)19(21(29)24(31)35-5-2)25-11-17-12-28(15-33-13-16-9-7-6-8-10-16)20-18(17)26-14-27-22(20)32-3/h6-10,12,14,19,21,25,29H,4-5,11,13,15H2,1-3H3/t19-,21+/m0/s1. The van der Waals surface area contributed by atoms with Gasteiger partial charge in [0.05, 0.1) is 26.9 Å². The molecule has 3 rings (SSSR count). The van der Waals surface area contributed by atoms with E-state index in [1.807, 2.05) is 30.3 Å². The maximum atomic E-state index is 12.4. The first kappa shape index (κ1) is 26.1. The Morgan fingerprint density at radius 3 is 2.49 bits per heavy atom. The Hall–Kier alpha value is -3.54. The number of ether oxygens (including phenoxy) is 4. The average Bonchev–Trinajstić information content (AvgIpc) is 3.22. The molecule has 0 aliphatic rings. The number of nitrogens with one attached hydrogen (secondary N) is 1. The summed E-state index contributed by atoms with van der Waals surface area (Å²) in [6.07, 6.45) is 1.43. The topological polar surface area (TPSA) is 134 Å². The largest absolute Gasteiger partial charge is 0.479 e. The van der Waals surface area contributed by atoms with Gasteiger partial charge >= 0.3 is 11.9 Å². The molecule has 0 aliphatic carbocycles. The van der Waals surface area contributed by atoms with Crippen molar-refractivity contribution in [2.75, 3.05) is 20.3 Å². The fourth-order valence-corrected chi connectivity index (χ4v) is 3.53. The summed E-state index contributed by atoms with van der Waals surface area (Å²) >= 11 is 0. The van der Waals surface area contributed by atoms with E-state index < -0.39 is 24.1 Å². The van der Waals surface area contributed by atoms with E-state index in [4.69, 9.17) is 18.9 Å². The van der Waals surface area contributed by atoms with Crippen molar-refractivity contribution in [2.24, 2.45) is 0 Å². The molecule has 0 saturated carbocycles. The van der Waals surface area contributed by atoms with E-state index in [-0.39, 0.29) is 26.5 Å². The second-order valence-corrected chi connectivity index (χ2v) is 7.47. The molecule has 0 aliphatic heterocycles. The first-order chi connectivity index (χ1) is 17.0. The predicted octanol–water partition coefficient (Wildman–Crippen LogP) is 1.56. The maximum absolute atomic E-state index is 12.4. The Morgan fingerprint density at radius 2 is 1.80 bits per heavy atom. The molecule has 2 heterocycles. The van der Waals surface area contributed by atoms with Crippen LogP contribution in [0.25, 0.3) is 11.0 Å². The lowest BCUT2D eigenvalue weighted by molar-refractivity contribution is -0.162. The Kier molecular flexibility index (Phi) is 9.53. The SMILES string of the molecule is CCOC(=O)[C@@H](NCc1cn(COCc2ccccc2)c2c(OC)ncnc12)[C@@H](O)C(=O)OCC. The van der Waals surface area contributed by atoms with E-state index in [1.54, 1.807) is 24.6 Å². The van der Waals surface area contributed by atoms with Gasteiger partial charge in [0, 0.05) is 18.3 Å². The van der Waals surface area contributed by atoms with E-state index >= 15 is 0 Å². The van der Waals surface area contributed by atoms with E-state index in [0.717, 1.165) is 5.56 Å². The molecule has 11 heteroatoms. The summed E-state index contributed by atoms with van der Waals surface area (Å²) in [5, 5.41) is 13.3. The zero-order valence-corrected chi connectivity index (χ0v) is 20.0. The third kappa shape index (κ3) is 6.53. The van der Waals surface area contributed by atoms with Gasteiger partial charge in [0.15, 0.2) is 6.10 Å². The van der Waals surface area contributed by atoms with Crippen molar-refractivity contribution in [3.05, 3.63) is 54.0 Å². The molecule has 0 bridgehead atoms. The molecule has 1 aromatic carbocycles. The minimum atomic E-state index is -1.74. The number of fused-ring (bicyclic) bond motifs is 1. The van der Waals surface area contributed by atoms with Crippen LogP contribution < -0.4 is 10.1 Å². The zero-order chi connectivity index (χ0) is 25.2. The monoisotopic (exact) mass is 486 g/mol. The molecule has 0 unspecified atom stereocenters. The van der Waals surface area contributed by atoms with Crippen LogP contribution in [-0.4, -0.2) is 64.0 Å². The van der Waals surface area contributed by atoms with Crippen molar-refractivity contribution in [1.29, 1.82) is 0 Å². The lowest BCUT2D eigenvalue weighted by atomic mass is 10.1. The van der Waals surface area contributed by atoms with E-state index in [1.165, 1.54) is 13.4 Å². The van der Waals surface area contributed by atoms with E-state index in [9.17, 15) is 14.7 Å². The number of benzene rings is 1. The molecule has 11 nitrogen and oxygen atoms in total. The fourth-order valence-electron chi connectivity index (χ4n) is 3.53. The average molecular weight is 487 g/mol. The Labute approximate surface area is 203 Å². The number of methoxy groups -OCH3 is 1. The van der Waals surface area contributed by atoms with Gasteiger partial charge in [-0.2, -0.15) is 4.98 Å². The molecule has 0 radical (unpaired) electrons. The van der Waals surface area contributed by atoms with Crippen LogP contribution in [0.5, 0.6) is 5.88 Å². The molecule has 2 atom stereocenters. The number of aromatic nitrogens is 3. The molecule has 2 N–H and O–H groups in total. The predicted molar refractivity (Wildman–Crippen MR) is 125 cm³/mol. The van der Waals surface area contributed by atoms with Crippen LogP contribution in [0.4, 0.5) is 0 Å².